The average molecular weight is 328 g/mol. The first-order chi connectivity index (χ1) is 10.6. The molecule has 1 aromatic carbocycles. The lowest BCUT2D eigenvalue weighted by Gasteiger charge is -2.15. The number of methoxy groups -OCH3 is 1. The van der Waals surface area contributed by atoms with E-state index in [0.29, 0.717) is 23.7 Å². The third-order valence-electron chi connectivity index (χ3n) is 2.74. The van der Waals surface area contributed by atoms with E-state index in [1.54, 1.807) is 24.3 Å². The normalized spacial score (nSPS) is 11.4. The zero-order valence-corrected chi connectivity index (χ0v) is 13.3. The summed E-state index contributed by atoms with van der Waals surface area (Å²) in [5, 5.41) is 13.9. The first-order valence-corrected chi connectivity index (χ1v) is 7.99. The Morgan fingerprint density at radius 2 is 2.00 bits per heavy atom. The molecule has 0 saturated heterocycles. The molecule has 1 rings (SSSR count). The highest BCUT2D eigenvalue weighted by molar-refractivity contribution is 7.98. The number of aliphatic carboxylic acids is 1. The predicted octanol–water partition coefficient (Wildman–Crippen LogP) is 1.54. The average Bonchev–Trinajstić information content (AvgIpc) is 2.51. The van der Waals surface area contributed by atoms with Crippen LogP contribution in [0.15, 0.2) is 24.3 Å². The number of carbonyl (C=O) groups is 2. The SMILES string of the molecule is COc1ccccc1OCNC(=O)NC(CCSC)C(=O)O. The van der Waals surface area contributed by atoms with Crippen LogP contribution >= 0.6 is 11.8 Å². The van der Waals surface area contributed by atoms with Crippen LogP contribution in [0.5, 0.6) is 11.5 Å². The van der Waals surface area contributed by atoms with Gasteiger partial charge in [-0.3, -0.25) is 0 Å². The minimum Gasteiger partial charge on any atom is -0.493 e. The van der Waals surface area contributed by atoms with Crippen molar-refractivity contribution in [1.29, 1.82) is 0 Å². The molecule has 0 spiro atoms. The Bertz CT molecular complexity index is 498. The molecule has 0 aliphatic heterocycles. The second kappa shape index (κ2) is 9.78. The number of thioether (sulfide) groups is 1. The molecule has 1 aromatic rings. The molecule has 122 valence electrons. The van der Waals surface area contributed by atoms with Crippen molar-refractivity contribution in [3.05, 3.63) is 24.3 Å². The molecule has 0 aliphatic carbocycles. The molecule has 0 saturated carbocycles. The van der Waals surface area contributed by atoms with Gasteiger partial charge in [0.05, 0.1) is 7.11 Å². The lowest BCUT2D eigenvalue weighted by molar-refractivity contribution is -0.139. The van der Waals surface area contributed by atoms with E-state index in [9.17, 15) is 9.59 Å². The number of carbonyl (C=O) groups excluding carboxylic acids is 1. The quantitative estimate of drug-likeness (QED) is 0.595. The Hall–Kier alpha value is -2.09. The van der Waals surface area contributed by atoms with Crippen LogP contribution in [-0.4, -0.2) is 49.0 Å². The predicted molar refractivity (Wildman–Crippen MR) is 84.6 cm³/mol. The van der Waals surface area contributed by atoms with Gasteiger partial charge in [0.2, 0.25) is 0 Å². The fourth-order valence-corrected chi connectivity index (χ4v) is 2.09. The lowest BCUT2D eigenvalue weighted by atomic mass is 10.2. The second-order valence-corrected chi connectivity index (χ2v) is 5.25. The summed E-state index contributed by atoms with van der Waals surface area (Å²) in [4.78, 5) is 22.7. The number of nitrogens with one attached hydrogen (secondary N) is 2. The van der Waals surface area contributed by atoms with E-state index in [2.05, 4.69) is 10.6 Å². The minimum absolute atomic E-state index is 0.0962. The van der Waals surface area contributed by atoms with Gasteiger partial charge in [-0.05, 0) is 30.6 Å². The van der Waals surface area contributed by atoms with Crippen LogP contribution in [0.25, 0.3) is 0 Å². The molecular weight excluding hydrogens is 308 g/mol. The third-order valence-corrected chi connectivity index (χ3v) is 3.39. The maximum absolute atomic E-state index is 11.7. The molecule has 2 amide bonds. The van der Waals surface area contributed by atoms with Crippen LogP contribution < -0.4 is 20.1 Å². The molecule has 7 nitrogen and oxygen atoms in total. The largest absolute Gasteiger partial charge is 0.493 e. The van der Waals surface area contributed by atoms with E-state index in [0.717, 1.165) is 0 Å². The monoisotopic (exact) mass is 328 g/mol. The van der Waals surface area contributed by atoms with E-state index in [4.69, 9.17) is 14.6 Å². The smallest absolute Gasteiger partial charge is 0.326 e. The van der Waals surface area contributed by atoms with Gasteiger partial charge in [-0.25, -0.2) is 9.59 Å². The molecule has 8 heteroatoms. The van der Waals surface area contributed by atoms with E-state index < -0.39 is 18.0 Å². The van der Waals surface area contributed by atoms with Gasteiger partial charge in [-0.1, -0.05) is 12.1 Å². The van der Waals surface area contributed by atoms with Gasteiger partial charge in [-0.15, -0.1) is 0 Å². The van der Waals surface area contributed by atoms with Crippen molar-refractivity contribution in [3.63, 3.8) is 0 Å². The van der Waals surface area contributed by atoms with Crippen molar-refractivity contribution in [2.45, 2.75) is 12.5 Å². The summed E-state index contributed by atoms with van der Waals surface area (Å²) < 4.78 is 10.5. The van der Waals surface area contributed by atoms with Gasteiger partial charge in [0, 0.05) is 0 Å². The molecule has 1 atom stereocenters. The number of rotatable bonds is 9. The van der Waals surface area contributed by atoms with Gasteiger partial charge >= 0.3 is 12.0 Å². The molecular formula is C14H20N2O5S. The molecule has 0 aromatic heterocycles. The summed E-state index contributed by atoms with van der Waals surface area (Å²) in [5.41, 5.74) is 0. The van der Waals surface area contributed by atoms with Gasteiger partial charge in [0.15, 0.2) is 18.2 Å². The first-order valence-electron chi connectivity index (χ1n) is 6.60. The molecule has 22 heavy (non-hydrogen) atoms. The Kier molecular flexibility index (Phi) is 7.98. The molecule has 0 radical (unpaired) electrons. The number of benzene rings is 1. The van der Waals surface area contributed by atoms with E-state index in [1.807, 2.05) is 6.26 Å². The number of carboxylic acids is 1. The number of carboxylic acid groups (broad SMARTS) is 1. The van der Waals surface area contributed by atoms with Crippen molar-refractivity contribution in [1.82, 2.24) is 10.6 Å². The van der Waals surface area contributed by atoms with Crippen molar-refractivity contribution in [3.8, 4) is 11.5 Å². The Balaban J connectivity index is 2.40. The Morgan fingerprint density at radius 1 is 1.32 bits per heavy atom. The summed E-state index contributed by atoms with van der Waals surface area (Å²) in [6, 6.07) is 5.51. The number of ether oxygens (including phenoxy) is 2. The summed E-state index contributed by atoms with van der Waals surface area (Å²) in [6.45, 7) is -0.0962. The third kappa shape index (κ3) is 6.13. The Labute approximate surface area is 133 Å². The van der Waals surface area contributed by atoms with Crippen LogP contribution in [0.2, 0.25) is 0 Å². The van der Waals surface area contributed by atoms with Crippen molar-refractivity contribution >= 4 is 23.8 Å². The van der Waals surface area contributed by atoms with E-state index in [-0.39, 0.29) is 6.73 Å². The standard InChI is InChI=1S/C14H20N2O5S/c1-20-11-5-3-4-6-12(11)21-9-15-14(19)16-10(13(17)18)7-8-22-2/h3-6,10H,7-9H2,1-2H3,(H,17,18)(H2,15,16,19). The number of para-hydroxylation sites is 2. The lowest BCUT2D eigenvalue weighted by Crippen LogP contribution is -2.47. The zero-order valence-electron chi connectivity index (χ0n) is 12.5. The van der Waals surface area contributed by atoms with Crippen LogP contribution in [-0.2, 0) is 4.79 Å². The molecule has 0 aliphatic rings. The van der Waals surface area contributed by atoms with Crippen LogP contribution in [0.3, 0.4) is 0 Å². The number of urea groups is 1. The van der Waals surface area contributed by atoms with Crippen molar-refractivity contribution in [2.75, 3.05) is 25.8 Å². The van der Waals surface area contributed by atoms with E-state index >= 15 is 0 Å². The zero-order chi connectivity index (χ0) is 16.4. The molecule has 3 N–H and O–H groups in total. The van der Waals surface area contributed by atoms with Gasteiger partial charge in [-0.2, -0.15) is 11.8 Å². The number of hydrogen-bond donors (Lipinski definition) is 3. The fraction of sp³-hybridized carbons (Fsp3) is 0.429. The number of hydrogen-bond acceptors (Lipinski definition) is 5. The van der Waals surface area contributed by atoms with Crippen LogP contribution in [0.1, 0.15) is 6.42 Å². The molecule has 0 fully saturated rings. The first kappa shape index (κ1) is 18.0. The number of amides is 2. The van der Waals surface area contributed by atoms with Crippen molar-refractivity contribution in [2.24, 2.45) is 0 Å². The Morgan fingerprint density at radius 3 is 2.59 bits per heavy atom. The summed E-state index contributed by atoms with van der Waals surface area (Å²) in [7, 11) is 1.52. The maximum Gasteiger partial charge on any atom is 0.326 e. The molecule has 1 unspecified atom stereocenters. The van der Waals surface area contributed by atoms with Crippen LogP contribution in [0, 0.1) is 0 Å². The molecule has 0 bridgehead atoms. The second-order valence-electron chi connectivity index (χ2n) is 4.26. The van der Waals surface area contributed by atoms with Crippen LogP contribution in [0.4, 0.5) is 4.79 Å². The van der Waals surface area contributed by atoms with Gasteiger partial charge < -0.3 is 25.2 Å². The van der Waals surface area contributed by atoms with Gasteiger partial charge in [0.1, 0.15) is 6.04 Å². The topological polar surface area (TPSA) is 96.9 Å². The summed E-state index contributed by atoms with van der Waals surface area (Å²) in [6.07, 6.45) is 2.23. The molecule has 0 heterocycles. The maximum atomic E-state index is 11.7. The minimum atomic E-state index is -1.06. The van der Waals surface area contributed by atoms with Crippen molar-refractivity contribution < 1.29 is 24.2 Å². The highest BCUT2D eigenvalue weighted by atomic mass is 32.2. The van der Waals surface area contributed by atoms with E-state index in [1.165, 1.54) is 18.9 Å². The fourth-order valence-electron chi connectivity index (χ4n) is 1.62. The summed E-state index contributed by atoms with van der Waals surface area (Å²) in [5.74, 6) is 0.625. The summed E-state index contributed by atoms with van der Waals surface area (Å²) >= 11 is 1.52. The highest BCUT2D eigenvalue weighted by Gasteiger charge is 2.19. The van der Waals surface area contributed by atoms with Gasteiger partial charge in [0.25, 0.3) is 0 Å². The highest BCUT2D eigenvalue weighted by Crippen LogP contribution is 2.25.